The standard InChI is InChI=1S/C18H24N4O2S/c1-13-7-9-15(10-8-13)18(2,3)20-17(25)21-19-12-14-5-4-6-16(11-14)22(23)24/h4-7,11-12,15H,8-10H2,1-3H3,(H2,20,21,25)/b19-12+/t15-/m0/s1. The van der Waals surface area contributed by atoms with Crippen LogP contribution in [0.15, 0.2) is 41.0 Å². The quantitative estimate of drug-likeness (QED) is 0.273. The lowest BCUT2D eigenvalue weighted by atomic mass is 9.77. The Balaban J connectivity index is 1.89. The smallest absolute Gasteiger partial charge is 0.270 e. The first-order chi connectivity index (χ1) is 11.8. The van der Waals surface area contributed by atoms with E-state index in [0.29, 0.717) is 16.6 Å². The highest BCUT2D eigenvalue weighted by atomic mass is 32.1. The molecule has 2 N–H and O–H groups in total. The Labute approximate surface area is 153 Å². The number of thiocarbonyl (C=S) groups is 1. The van der Waals surface area contributed by atoms with Gasteiger partial charge in [-0.2, -0.15) is 5.10 Å². The van der Waals surface area contributed by atoms with Crippen LogP contribution in [-0.2, 0) is 0 Å². The predicted molar refractivity (Wildman–Crippen MR) is 105 cm³/mol. The average molecular weight is 360 g/mol. The van der Waals surface area contributed by atoms with Gasteiger partial charge in [-0.05, 0) is 58.2 Å². The summed E-state index contributed by atoms with van der Waals surface area (Å²) in [6, 6.07) is 6.27. The fraction of sp³-hybridized carbons (Fsp3) is 0.444. The lowest BCUT2D eigenvalue weighted by Crippen LogP contribution is -2.52. The molecule has 1 aliphatic carbocycles. The number of hydrazone groups is 1. The molecule has 134 valence electrons. The molecule has 1 atom stereocenters. The number of benzene rings is 1. The van der Waals surface area contributed by atoms with E-state index in [0.717, 1.165) is 19.3 Å². The molecule has 0 aliphatic heterocycles. The van der Waals surface area contributed by atoms with Gasteiger partial charge in [0, 0.05) is 23.2 Å². The summed E-state index contributed by atoms with van der Waals surface area (Å²) in [5.74, 6) is 0.511. The largest absolute Gasteiger partial charge is 0.356 e. The molecule has 0 saturated carbocycles. The third-order valence-electron chi connectivity index (χ3n) is 4.56. The van der Waals surface area contributed by atoms with Crippen LogP contribution in [-0.4, -0.2) is 21.8 Å². The SMILES string of the molecule is CC1=CC[C@H](C(C)(C)NC(=S)N/N=C/c2cccc([N+](=O)[O-])c2)CC1. The average Bonchev–Trinajstić information content (AvgIpc) is 2.55. The second-order valence-corrected chi connectivity index (χ2v) is 7.33. The maximum absolute atomic E-state index is 10.8. The Kier molecular flexibility index (Phi) is 6.25. The number of rotatable bonds is 5. The Morgan fingerprint density at radius 2 is 2.24 bits per heavy atom. The van der Waals surface area contributed by atoms with Gasteiger partial charge in [0.15, 0.2) is 5.11 Å². The van der Waals surface area contributed by atoms with Crippen molar-refractivity contribution < 1.29 is 4.92 Å². The van der Waals surface area contributed by atoms with Crippen molar-refractivity contribution in [1.29, 1.82) is 0 Å². The number of nitro groups is 1. The fourth-order valence-electron chi connectivity index (χ4n) is 2.93. The monoisotopic (exact) mass is 360 g/mol. The van der Waals surface area contributed by atoms with Crippen LogP contribution in [0.1, 0.15) is 45.6 Å². The Morgan fingerprint density at radius 1 is 1.48 bits per heavy atom. The molecule has 0 radical (unpaired) electrons. The van der Waals surface area contributed by atoms with Gasteiger partial charge in [0.25, 0.3) is 5.69 Å². The van der Waals surface area contributed by atoms with Crippen LogP contribution in [0.5, 0.6) is 0 Å². The second-order valence-electron chi connectivity index (χ2n) is 6.92. The molecule has 2 rings (SSSR count). The first-order valence-electron chi connectivity index (χ1n) is 8.29. The summed E-state index contributed by atoms with van der Waals surface area (Å²) in [4.78, 5) is 10.3. The molecule has 6 nitrogen and oxygen atoms in total. The summed E-state index contributed by atoms with van der Waals surface area (Å²) in [5, 5.41) is 18.6. The van der Waals surface area contributed by atoms with E-state index in [1.165, 1.54) is 23.9 Å². The van der Waals surface area contributed by atoms with E-state index in [-0.39, 0.29) is 11.2 Å². The molecule has 1 aromatic carbocycles. The van der Waals surface area contributed by atoms with E-state index in [4.69, 9.17) is 12.2 Å². The van der Waals surface area contributed by atoms with Gasteiger partial charge in [0.05, 0.1) is 11.1 Å². The molecule has 0 bridgehead atoms. The Morgan fingerprint density at radius 3 is 2.88 bits per heavy atom. The molecule has 0 fully saturated rings. The summed E-state index contributed by atoms with van der Waals surface area (Å²) in [6.07, 6.45) is 7.13. The minimum Gasteiger partial charge on any atom is -0.356 e. The van der Waals surface area contributed by atoms with E-state index in [9.17, 15) is 10.1 Å². The van der Waals surface area contributed by atoms with E-state index in [1.807, 2.05) is 0 Å². The third kappa shape index (κ3) is 5.63. The predicted octanol–water partition coefficient (Wildman–Crippen LogP) is 3.92. The number of non-ortho nitro benzene ring substituents is 1. The molecule has 7 heteroatoms. The topological polar surface area (TPSA) is 79.6 Å². The van der Waals surface area contributed by atoms with Gasteiger partial charge in [-0.15, -0.1) is 0 Å². The number of nitrogens with zero attached hydrogens (tertiary/aromatic N) is 2. The van der Waals surface area contributed by atoms with Crippen LogP contribution in [0, 0.1) is 16.0 Å². The van der Waals surface area contributed by atoms with Crippen molar-refractivity contribution in [2.24, 2.45) is 11.0 Å². The van der Waals surface area contributed by atoms with Crippen LogP contribution >= 0.6 is 12.2 Å². The van der Waals surface area contributed by atoms with Gasteiger partial charge in [0.1, 0.15) is 0 Å². The molecule has 1 aromatic rings. The third-order valence-corrected chi connectivity index (χ3v) is 4.75. The first-order valence-corrected chi connectivity index (χ1v) is 8.70. The molecule has 0 saturated heterocycles. The van der Waals surface area contributed by atoms with Crippen molar-refractivity contribution in [2.45, 2.75) is 45.6 Å². The van der Waals surface area contributed by atoms with Crippen molar-refractivity contribution >= 4 is 29.2 Å². The van der Waals surface area contributed by atoms with Crippen LogP contribution in [0.3, 0.4) is 0 Å². The highest BCUT2D eigenvalue weighted by molar-refractivity contribution is 7.80. The fourth-order valence-corrected chi connectivity index (χ4v) is 3.24. The summed E-state index contributed by atoms with van der Waals surface area (Å²) >= 11 is 5.32. The molecular weight excluding hydrogens is 336 g/mol. The summed E-state index contributed by atoms with van der Waals surface area (Å²) in [7, 11) is 0. The molecule has 1 aliphatic rings. The molecule has 0 heterocycles. The van der Waals surface area contributed by atoms with Gasteiger partial charge in [0.2, 0.25) is 0 Å². The van der Waals surface area contributed by atoms with Crippen molar-refractivity contribution in [1.82, 2.24) is 10.7 Å². The number of allylic oxidation sites excluding steroid dienone is 2. The number of hydrogen-bond acceptors (Lipinski definition) is 4. The molecule has 0 aromatic heterocycles. The van der Waals surface area contributed by atoms with E-state index < -0.39 is 4.92 Å². The van der Waals surface area contributed by atoms with Crippen molar-refractivity contribution in [2.75, 3.05) is 0 Å². The van der Waals surface area contributed by atoms with Crippen LogP contribution < -0.4 is 10.7 Å². The van der Waals surface area contributed by atoms with Gasteiger partial charge >= 0.3 is 0 Å². The van der Waals surface area contributed by atoms with Crippen LogP contribution in [0.4, 0.5) is 5.69 Å². The molecule has 25 heavy (non-hydrogen) atoms. The minimum absolute atomic E-state index is 0.0337. The molecule has 0 unspecified atom stereocenters. The van der Waals surface area contributed by atoms with Crippen molar-refractivity contribution in [3.05, 3.63) is 51.6 Å². The summed E-state index contributed by atoms with van der Waals surface area (Å²) < 4.78 is 0. The maximum atomic E-state index is 10.8. The summed E-state index contributed by atoms with van der Waals surface area (Å²) in [5.41, 5.74) is 4.77. The molecule has 0 amide bonds. The first kappa shape index (κ1) is 19.1. The zero-order valence-electron chi connectivity index (χ0n) is 14.8. The van der Waals surface area contributed by atoms with Crippen molar-refractivity contribution in [3.63, 3.8) is 0 Å². The van der Waals surface area contributed by atoms with Gasteiger partial charge < -0.3 is 5.32 Å². The Bertz CT molecular complexity index is 713. The lowest BCUT2D eigenvalue weighted by molar-refractivity contribution is -0.384. The lowest BCUT2D eigenvalue weighted by Gasteiger charge is -2.37. The highest BCUT2D eigenvalue weighted by Crippen LogP contribution is 2.31. The zero-order valence-corrected chi connectivity index (χ0v) is 15.6. The number of nitro benzene ring substituents is 1. The molecular formula is C18H24N4O2S. The van der Waals surface area contributed by atoms with Crippen LogP contribution in [0.25, 0.3) is 0 Å². The normalized spacial score (nSPS) is 17.9. The Hall–Kier alpha value is -2.28. The van der Waals surface area contributed by atoms with E-state index >= 15 is 0 Å². The highest BCUT2D eigenvalue weighted by Gasteiger charge is 2.30. The second kappa shape index (κ2) is 8.20. The number of nitrogens with one attached hydrogen (secondary N) is 2. The number of hydrogen-bond donors (Lipinski definition) is 2. The van der Waals surface area contributed by atoms with Gasteiger partial charge in [-0.3, -0.25) is 15.5 Å². The minimum atomic E-state index is -0.431. The molecule has 0 spiro atoms. The summed E-state index contributed by atoms with van der Waals surface area (Å²) in [6.45, 7) is 6.46. The maximum Gasteiger partial charge on any atom is 0.270 e. The van der Waals surface area contributed by atoms with E-state index in [1.54, 1.807) is 12.1 Å². The zero-order chi connectivity index (χ0) is 18.4. The van der Waals surface area contributed by atoms with Crippen molar-refractivity contribution in [3.8, 4) is 0 Å². The van der Waals surface area contributed by atoms with Gasteiger partial charge in [-0.25, -0.2) is 0 Å². The van der Waals surface area contributed by atoms with E-state index in [2.05, 4.69) is 42.7 Å². The van der Waals surface area contributed by atoms with Gasteiger partial charge in [-0.1, -0.05) is 23.8 Å². The van der Waals surface area contributed by atoms with Crippen LogP contribution in [0.2, 0.25) is 0 Å².